The van der Waals surface area contributed by atoms with E-state index in [1.54, 1.807) is 0 Å². The summed E-state index contributed by atoms with van der Waals surface area (Å²) in [5.74, 6) is -2.38. The van der Waals surface area contributed by atoms with Crippen molar-refractivity contribution in [3.8, 4) is 0 Å². The number of rotatable bonds is 2. The fourth-order valence-corrected chi connectivity index (χ4v) is 2.27. The predicted molar refractivity (Wildman–Crippen MR) is 66.1 cm³/mol. The third-order valence-corrected chi connectivity index (χ3v) is 3.43. The number of ketones is 1. The highest BCUT2D eigenvalue weighted by Gasteiger charge is 2.36. The van der Waals surface area contributed by atoms with Crippen molar-refractivity contribution in [3.63, 3.8) is 0 Å². The normalized spacial score (nSPS) is 16.9. The SMILES string of the molecule is O=C1CCC(NC(=O)c2cccc(C(F)(F)F)c2F)CC1. The number of alkyl halides is 3. The van der Waals surface area contributed by atoms with Crippen LogP contribution in [0.5, 0.6) is 0 Å². The summed E-state index contributed by atoms with van der Waals surface area (Å²) in [6.45, 7) is 0. The van der Waals surface area contributed by atoms with E-state index in [1.807, 2.05) is 0 Å². The van der Waals surface area contributed by atoms with Crippen molar-refractivity contribution in [2.24, 2.45) is 0 Å². The first kappa shape index (κ1) is 15.5. The second kappa shape index (κ2) is 5.83. The minimum absolute atomic E-state index is 0.0887. The monoisotopic (exact) mass is 303 g/mol. The van der Waals surface area contributed by atoms with Crippen molar-refractivity contribution >= 4 is 11.7 Å². The molecule has 1 amide bonds. The lowest BCUT2D eigenvalue weighted by molar-refractivity contribution is -0.140. The fourth-order valence-electron chi connectivity index (χ4n) is 2.27. The predicted octanol–water partition coefficient (Wildman–Crippen LogP) is 3.09. The highest BCUT2D eigenvalue weighted by atomic mass is 19.4. The van der Waals surface area contributed by atoms with Gasteiger partial charge < -0.3 is 5.32 Å². The molecule has 0 bridgehead atoms. The number of halogens is 4. The van der Waals surface area contributed by atoms with Crippen LogP contribution in [0.1, 0.15) is 41.6 Å². The largest absolute Gasteiger partial charge is 0.419 e. The number of hydrogen-bond acceptors (Lipinski definition) is 2. The van der Waals surface area contributed by atoms with Crippen LogP contribution in [0.2, 0.25) is 0 Å². The number of hydrogen-bond donors (Lipinski definition) is 1. The van der Waals surface area contributed by atoms with Crippen molar-refractivity contribution in [2.45, 2.75) is 37.9 Å². The molecule has 114 valence electrons. The molecule has 3 nitrogen and oxygen atoms in total. The number of carbonyl (C=O) groups excluding carboxylic acids is 2. The molecule has 0 unspecified atom stereocenters. The summed E-state index contributed by atoms with van der Waals surface area (Å²) < 4.78 is 51.6. The molecular weight excluding hydrogens is 290 g/mol. The van der Waals surface area contributed by atoms with Gasteiger partial charge in [-0.2, -0.15) is 13.2 Å². The molecule has 0 aromatic heterocycles. The van der Waals surface area contributed by atoms with E-state index in [9.17, 15) is 27.2 Å². The zero-order valence-corrected chi connectivity index (χ0v) is 11.0. The molecule has 0 saturated heterocycles. The molecular formula is C14H13F4NO2. The van der Waals surface area contributed by atoms with E-state index in [2.05, 4.69) is 5.32 Å². The third kappa shape index (κ3) is 3.59. The van der Waals surface area contributed by atoms with E-state index in [1.165, 1.54) is 0 Å². The van der Waals surface area contributed by atoms with Crippen LogP contribution in [0, 0.1) is 5.82 Å². The topological polar surface area (TPSA) is 46.2 Å². The minimum atomic E-state index is -4.85. The van der Waals surface area contributed by atoms with Gasteiger partial charge in [0.15, 0.2) is 0 Å². The van der Waals surface area contributed by atoms with Crippen LogP contribution in [0.15, 0.2) is 18.2 Å². The van der Waals surface area contributed by atoms with E-state index >= 15 is 0 Å². The Bertz CT molecular complexity index is 559. The van der Waals surface area contributed by atoms with Crippen molar-refractivity contribution in [2.75, 3.05) is 0 Å². The summed E-state index contributed by atoms with van der Waals surface area (Å²) in [5, 5.41) is 2.48. The van der Waals surface area contributed by atoms with Gasteiger partial charge >= 0.3 is 6.18 Å². The molecule has 1 aromatic rings. The number of Topliss-reactive ketones (excluding diaryl/α,β-unsaturated/α-hetero) is 1. The van der Waals surface area contributed by atoms with Crippen molar-refractivity contribution in [1.82, 2.24) is 5.32 Å². The molecule has 0 radical (unpaired) electrons. The van der Waals surface area contributed by atoms with Gasteiger partial charge in [-0.3, -0.25) is 9.59 Å². The van der Waals surface area contributed by atoms with Crippen molar-refractivity contribution < 1.29 is 27.2 Å². The fraction of sp³-hybridized carbons (Fsp3) is 0.429. The Kier molecular flexibility index (Phi) is 4.29. The lowest BCUT2D eigenvalue weighted by atomic mass is 9.94. The molecule has 0 spiro atoms. The van der Waals surface area contributed by atoms with E-state index in [4.69, 9.17) is 0 Å². The zero-order valence-electron chi connectivity index (χ0n) is 11.0. The van der Waals surface area contributed by atoms with E-state index < -0.39 is 29.0 Å². The molecule has 0 atom stereocenters. The first-order valence-corrected chi connectivity index (χ1v) is 6.47. The van der Waals surface area contributed by atoms with Crippen LogP contribution in [-0.4, -0.2) is 17.7 Å². The van der Waals surface area contributed by atoms with Crippen molar-refractivity contribution in [3.05, 3.63) is 35.1 Å². The van der Waals surface area contributed by atoms with Gasteiger partial charge in [0.25, 0.3) is 5.91 Å². The van der Waals surface area contributed by atoms with Gasteiger partial charge in [0, 0.05) is 18.9 Å². The Morgan fingerprint density at radius 3 is 2.38 bits per heavy atom. The van der Waals surface area contributed by atoms with Crippen LogP contribution in [0.3, 0.4) is 0 Å². The van der Waals surface area contributed by atoms with Crippen LogP contribution in [-0.2, 0) is 11.0 Å². The van der Waals surface area contributed by atoms with Crippen LogP contribution >= 0.6 is 0 Å². The number of nitrogens with one attached hydrogen (secondary N) is 1. The molecule has 21 heavy (non-hydrogen) atoms. The molecule has 1 aliphatic carbocycles. The molecule has 1 fully saturated rings. The van der Waals surface area contributed by atoms with Gasteiger partial charge in [-0.15, -0.1) is 0 Å². The molecule has 0 aliphatic heterocycles. The molecule has 1 aromatic carbocycles. The maximum absolute atomic E-state index is 13.8. The van der Waals surface area contributed by atoms with Gasteiger partial charge in [-0.1, -0.05) is 6.07 Å². The Labute approximate surface area is 118 Å². The zero-order chi connectivity index (χ0) is 15.6. The van der Waals surface area contributed by atoms with Crippen molar-refractivity contribution in [1.29, 1.82) is 0 Å². The molecule has 7 heteroatoms. The van der Waals surface area contributed by atoms with Crippen LogP contribution in [0.4, 0.5) is 17.6 Å². The van der Waals surface area contributed by atoms with Gasteiger partial charge in [0.2, 0.25) is 0 Å². The summed E-state index contributed by atoms with van der Waals surface area (Å²) in [4.78, 5) is 23.0. The third-order valence-electron chi connectivity index (χ3n) is 3.43. The Balaban J connectivity index is 2.14. The highest BCUT2D eigenvalue weighted by Crippen LogP contribution is 2.32. The van der Waals surface area contributed by atoms with Gasteiger partial charge in [-0.25, -0.2) is 4.39 Å². The van der Waals surface area contributed by atoms with Gasteiger partial charge in [0.05, 0.1) is 11.1 Å². The number of carbonyl (C=O) groups is 2. The summed E-state index contributed by atoms with van der Waals surface area (Å²) in [6, 6.07) is 2.27. The Morgan fingerprint density at radius 2 is 1.81 bits per heavy atom. The minimum Gasteiger partial charge on any atom is -0.349 e. The summed E-state index contributed by atoms with van der Waals surface area (Å²) in [5.41, 5.74) is -2.10. The van der Waals surface area contributed by atoms with Crippen LogP contribution in [0.25, 0.3) is 0 Å². The Hall–Kier alpha value is -1.92. The Morgan fingerprint density at radius 1 is 1.19 bits per heavy atom. The van der Waals surface area contributed by atoms with E-state index in [-0.39, 0.29) is 11.8 Å². The molecule has 2 rings (SSSR count). The summed E-state index contributed by atoms with van der Waals surface area (Å²) >= 11 is 0. The van der Waals surface area contributed by atoms with E-state index in [0.717, 1.165) is 12.1 Å². The molecule has 1 aliphatic rings. The number of amides is 1. The maximum Gasteiger partial charge on any atom is 0.419 e. The smallest absolute Gasteiger partial charge is 0.349 e. The average molecular weight is 303 g/mol. The maximum atomic E-state index is 13.8. The molecule has 1 saturated carbocycles. The molecule has 0 heterocycles. The first-order chi connectivity index (χ1) is 9.79. The van der Waals surface area contributed by atoms with Gasteiger partial charge in [-0.05, 0) is 25.0 Å². The second-order valence-corrected chi connectivity index (χ2v) is 4.95. The number of benzene rings is 1. The second-order valence-electron chi connectivity index (χ2n) is 4.95. The standard InChI is InChI=1S/C14H13F4NO2/c15-12-10(2-1-3-11(12)14(16,17)18)13(21)19-8-4-6-9(20)7-5-8/h1-3,8H,4-7H2,(H,19,21). The van der Waals surface area contributed by atoms with Crippen LogP contribution < -0.4 is 5.32 Å². The average Bonchev–Trinajstić information content (AvgIpc) is 2.40. The summed E-state index contributed by atoms with van der Waals surface area (Å²) in [6.07, 6.45) is -3.38. The van der Waals surface area contributed by atoms with Gasteiger partial charge in [0.1, 0.15) is 11.6 Å². The first-order valence-electron chi connectivity index (χ1n) is 6.47. The van der Waals surface area contributed by atoms with E-state index in [0.29, 0.717) is 31.7 Å². The quantitative estimate of drug-likeness (QED) is 0.853. The lowest BCUT2D eigenvalue weighted by Gasteiger charge is -2.22. The molecule has 1 N–H and O–H groups in total. The lowest BCUT2D eigenvalue weighted by Crippen LogP contribution is -2.38. The summed E-state index contributed by atoms with van der Waals surface area (Å²) in [7, 11) is 0. The highest BCUT2D eigenvalue weighted by molar-refractivity contribution is 5.95.